The van der Waals surface area contributed by atoms with Crippen molar-refractivity contribution >= 4 is 33.9 Å². The maximum Gasteiger partial charge on any atom is 0.236 e. The smallest absolute Gasteiger partial charge is 0.236 e. The first-order valence-corrected chi connectivity index (χ1v) is 20.2. The molecular formula is C46H72N10O. The van der Waals surface area contributed by atoms with Gasteiger partial charge in [-0.3, -0.25) is 14.8 Å². The van der Waals surface area contributed by atoms with Crippen LogP contribution in [-0.4, -0.2) is 81.7 Å². The van der Waals surface area contributed by atoms with E-state index in [4.69, 9.17) is 11.5 Å². The summed E-state index contributed by atoms with van der Waals surface area (Å²) in [7, 11) is 0. The molecule has 1 aliphatic heterocycles. The van der Waals surface area contributed by atoms with Crippen molar-refractivity contribution in [3.63, 3.8) is 0 Å². The highest BCUT2D eigenvalue weighted by Gasteiger charge is 2.22. The average Bonchev–Trinajstić information content (AvgIpc) is 3.71. The fourth-order valence-electron chi connectivity index (χ4n) is 5.20. The molecule has 0 spiro atoms. The number of amides is 1. The molecule has 6 N–H and O–H groups in total. The third-order valence-electron chi connectivity index (χ3n) is 8.67. The Kier molecular flexibility index (Phi) is 27.5. The van der Waals surface area contributed by atoms with Gasteiger partial charge in [-0.05, 0) is 86.7 Å². The molecule has 1 fully saturated rings. The Hall–Kier alpha value is -5.68. The molecule has 0 saturated carbocycles. The molecule has 1 atom stereocenters. The summed E-state index contributed by atoms with van der Waals surface area (Å²) in [6.45, 7) is 37.4. The summed E-state index contributed by atoms with van der Waals surface area (Å²) in [4.78, 5) is 27.5. The summed E-state index contributed by atoms with van der Waals surface area (Å²) in [6, 6.07) is 16.0. The average molecular weight is 781 g/mol. The van der Waals surface area contributed by atoms with E-state index in [1.807, 2.05) is 75.9 Å². The number of carbonyl (C=O) groups excluding carboxylic acids is 1. The number of likely N-dealkylation sites (N-methyl/N-ethyl adjacent to an activating group) is 1. The molecule has 2 aromatic carbocycles. The van der Waals surface area contributed by atoms with E-state index in [0.717, 1.165) is 72.9 Å². The lowest BCUT2D eigenvalue weighted by molar-refractivity contribution is -0.132. The SMILES string of the molecule is C/C=C(N)\C=C/C(C)CC.C=C.C=CNc1ccc2[nH]nc(C(=C)N)c2c1.CC.CC.CCN(CC)CC(=O)N1CCN(c2ccc(-c3ncccn3)cc2)CC1. The van der Waals surface area contributed by atoms with Crippen LogP contribution >= 0.6 is 0 Å². The van der Waals surface area contributed by atoms with Crippen LogP contribution in [0.25, 0.3) is 28.0 Å². The Bertz CT molecular complexity index is 1740. The van der Waals surface area contributed by atoms with Gasteiger partial charge >= 0.3 is 0 Å². The highest BCUT2D eigenvalue weighted by Crippen LogP contribution is 2.23. The van der Waals surface area contributed by atoms with Crippen LogP contribution in [0.4, 0.5) is 11.4 Å². The van der Waals surface area contributed by atoms with Crippen LogP contribution in [0.3, 0.4) is 0 Å². The van der Waals surface area contributed by atoms with E-state index in [-0.39, 0.29) is 5.91 Å². The van der Waals surface area contributed by atoms with Gasteiger partial charge in [0.05, 0.1) is 17.8 Å². The molecule has 2 aromatic heterocycles. The number of nitrogens with zero attached hydrogens (tertiary/aromatic N) is 6. The number of carbonyl (C=O) groups is 1. The Morgan fingerprint density at radius 2 is 1.56 bits per heavy atom. The van der Waals surface area contributed by atoms with E-state index < -0.39 is 0 Å². The van der Waals surface area contributed by atoms with Gasteiger partial charge in [-0.2, -0.15) is 5.10 Å². The van der Waals surface area contributed by atoms with Gasteiger partial charge in [0.1, 0.15) is 5.69 Å². The van der Waals surface area contributed by atoms with Gasteiger partial charge in [0, 0.05) is 66.6 Å². The quantitative estimate of drug-likeness (QED) is 0.0816. The van der Waals surface area contributed by atoms with E-state index in [0.29, 0.717) is 23.9 Å². The molecule has 3 heterocycles. The number of anilines is 2. The summed E-state index contributed by atoms with van der Waals surface area (Å²) >= 11 is 0. The number of fused-ring (bicyclic) bond motifs is 1. The number of nitrogens with one attached hydrogen (secondary N) is 2. The van der Waals surface area contributed by atoms with Crippen LogP contribution in [0.15, 0.2) is 117 Å². The predicted molar refractivity (Wildman–Crippen MR) is 248 cm³/mol. The maximum absolute atomic E-state index is 12.4. The second kappa shape index (κ2) is 30.5. The minimum atomic E-state index is 0.241. The molecule has 4 aromatic rings. The third-order valence-corrected chi connectivity index (χ3v) is 8.67. The number of rotatable bonds is 12. The predicted octanol–water partition coefficient (Wildman–Crippen LogP) is 9.49. The molecule has 0 radical (unpaired) electrons. The Morgan fingerprint density at radius 3 is 2.07 bits per heavy atom. The van der Waals surface area contributed by atoms with Gasteiger partial charge in [0.2, 0.25) is 5.91 Å². The maximum atomic E-state index is 12.4. The highest BCUT2D eigenvalue weighted by molar-refractivity contribution is 5.91. The normalized spacial score (nSPS) is 12.5. The van der Waals surface area contributed by atoms with Crippen molar-refractivity contribution in [2.24, 2.45) is 17.4 Å². The summed E-state index contributed by atoms with van der Waals surface area (Å²) in [6.07, 6.45) is 12.3. The van der Waals surface area contributed by atoms with E-state index in [9.17, 15) is 4.79 Å². The van der Waals surface area contributed by atoms with Crippen LogP contribution in [0.1, 0.15) is 74.4 Å². The molecule has 11 heteroatoms. The van der Waals surface area contributed by atoms with Crippen molar-refractivity contribution in [1.82, 2.24) is 30.0 Å². The number of piperazine rings is 1. The number of aromatic amines is 1. The van der Waals surface area contributed by atoms with Crippen molar-refractivity contribution in [2.45, 2.75) is 68.7 Å². The van der Waals surface area contributed by atoms with Gasteiger partial charge in [0.25, 0.3) is 0 Å². The third kappa shape index (κ3) is 18.2. The van der Waals surface area contributed by atoms with E-state index >= 15 is 0 Å². The van der Waals surface area contributed by atoms with Crippen LogP contribution < -0.4 is 21.7 Å². The Labute approximate surface area is 344 Å². The summed E-state index contributed by atoms with van der Waals surface area (Å²) in [5.74, 6) is 1.62. The summed E-state index contributed by atoms with van der Waals surface area (Å²) in [5.41, 5.74) is 17.3. The largest absolute Gasteiger partial charge is 0.399 e. The van der Waals surface area contributed by atoms with Gasteiger partial charge < -0.3 is 26.6 Å². The lowest BCUT2D eigenvalue weighted by Gasteiger charge is -2.37. The van der Waals surface area contributed by atoms with Crippen molar-refractivity contribution < 1.29 is 4.79 Å². The minimum absolute atomic E-state index is 0.241. The summed E-state index contributed by atoms with van der Waals surface area (Å²) in [5, 5.41) is 10.9. The van der Waals surface area contributed by atoms with E-state index in [2.05, 4.69) is 120 Å². The zero-order valence-electron chi connectivity index (χ0n) is 36.4. The fourth-order valence-corrected chi connectivity index (χ4v) is 5.20. The minimum Gasteiger partial charge on any atom is -0.399 e. The fraction of sp³-hybridized carbons (Fsp3) is 0.391. The molecule has 312 valence electrons. The number of hydrogen-bond donors (Lipinski definition) is 4. The number of benzene rings is 2. The van der Waals surface area contributed by atoms with Crippen LogP contribution in [0.2, 0.25) is 0 Å². The molecular weight excluding hydrogens is 709 g/mol. The van der Waals surface area contributed by atoms with Crippen molar-refractivity contribution in [1.29, 1.82) is 0 Å². The molecule has 0 bridgehead atoms. The first-order valence-electron chi connectivity index (χ1n) is 20.2. The van der Waals surface area contributed by atoms with E-state index in [1.165, 1.54) is 12.1 Å². The molecule has 1 unspecified atom stereocenters. The Morgan fingerprint density at radius 1 is 0.965 bits per heavy atom. The van der Waals surface area contributed by atoms with Crippen molar-refractivity contribution in [3.8, 4) is 11.4 Å². The molecule has 0 aliphatic carbocycles. The number of nitrogens with two attached hydrogens (primary N) is 2. The van der Waals surface area contributed by atoms with Crippen LogP contribution in [0, 0.1) is 5.92 Å². The van der Waals surface area contributed by atoms with Crippen LogP contribution in [0.5, 0.6) is 0 Å². The lowest BCUT2D eigenvalue weighted by atomic mass is 10.1. The zero-order valence-corrected chi connectivity index (χ0v) is 36.4. The molecule has 11 nitrogen and oxygen atoms in total. The molecule has 1 saturated heterocycles. The standard InChI is InChI=1S/C20H27N5O.C11H12N4.C9H17N.2C2H6.C2H4/c1-3-23(4-2)16-19(26)25-14-12-24(13-15-25)18-8-6-17(7-9-18)20-21-10-5-11-22-20;1-3-13-8-4-5-10-9(6-8)11(7(2)12)15-14-10;1-4-8(3)6-7-9(10)5-2;3*1-2/h5-11H,3-4,12-16H2,1-2H3;3-6,13H,1-2,12H2,(H,14,15);5-8H,4,10H2,1-3H3;2*1-2H3;1-2H2/b;;7-6-,9-5+;;;. The second-order valence-electron chi connectivity index (χ2n) is 12.2. The molecule has 5 rings (SSSR count). The Balaban J connectivity index is 0.000000857. The molecule has 57 heavy (non-hydrogen) atoms. The van der Waals surface area contributed by atoms with Gasteiger partial charge in [-0.15, -0.1) is 13.2 Å². The van der Waals surface area contributed by atoms with E-state index in [1.54, 1.807) is 18.6 Å². The van der Waals surface area contributed by atoms with Gasteiger partial charge in [-0.25, -0.2) is 9.97 Å². The molecule has 1 aliphatic rings. The van der Waals surface area contributed by atoms with Crippen LogP contribution in [-0.2, 0) is 4.79 Å². The lowest BCUT2D eigenvalue weighted by Crippen LogP contribution is -2.51. The highest BCUT2D eigenvalue weighted by atomic mass is 16.2. The number of aromatic nitrogens is 4. The monoisotopic (exact) mass is 781 g/mol. The summed E-state index contributed by atoms with van der Waals surface area (Å²) < 4.78 is 0. The number of hydrogen-bond acceptors (Lipinski definition) is 9. The van der Waals surface area contributed by atoms with Gasteiger partial charge in [0.15, 0.2) is 5.82 Å². The molecule has 1 amide bonds. The first kappa shape index (κ1) is 51.3. The van der Waals surface area contributed by atoms with Crippen molar-refractivity contribution in [3.05, 3.63) is 123 Å². The number of allylic oxidation sites excluding steroid dienone is 3. The second-order valence-corrected chi connectivity index (χ2v) is 12.2. The van der Waals surface area contributed by atoms with Gasteiger partial charge in [-0.1, -0.05) is 87.1 Å². The van der Waals surface area contributed by atoms with Crippen molar-refractivity contribution in [2.75, 3.05) is 56.0 Å². The number of H-pyrrole nitrogens is 1. The topological polar surface area (TPSA) is 145 Å². The first-order chi connectivity index (χ1) is 27.6. The zero-order chi connectivity index (χ0) is 43.2.